The molecule has 1 unspecified atom stereocenters. The first-order valence-electron chi connectivity index (χ1n) is 4.91. The first kappa shape index (κ1) is 8.76. The van der Waals surface area contributed by atoms with Gasteiger partial charge in [0.2, 0.25) is 0 Å². The minimum Gasteiger partial charge on any atom is -0.288 e. The van der Waals surface area contributed by atoms with E-state index in [-0.39, 0.29) is 0 Å². The van der Waals surface area contributed by atoms with Crippen molar-refractivity contribution in [3.05, 3.63) is 35.9 Å². The highest BCUT2D eigenvalue weighted by Gasteiger charge is 2.42. The van der Waals surface area contributed by atoms with Crippen molar-refractivity contribution >= 4 is 0 Å². The van der Waals surface area contributed by atoms with Gasteiger partial charge in [-0.15, -0.1) is 0 Å². The molecule has 2 atom stereocenters. The number of hydrogen-bond donors (Lipinski definition) is 0. The van der Waals surface area contributed by atoms with Crippen molar-refractivity contribution in [2.24, 2.45) is 0 Å². The van der Waals surface area contributed by atoms with E-state index in [2.05, 4.69) is 56.0 Å². The van der Waals surface area contributed by atoms with Crippen LogP contribution in [0.3, 0.4) is 0 Å². The van der Waals surface area contributed by atoms with Crippen LogP contribution in [0.4, 0.5) is 0 Å². The molecule has 2 rings (SSSR count). The minimum absolute atomic E-state index is 0.320. The number of benzene rings is 1. The van der Waals surface area contributed by atoms with Crippen LogP contribution in [-0.4, -0.2) is 17.0 Å². The van der Waals surface area contributed by atoms with Gasteiger partial charge in [0.1, 0.15) is 0 Å². The fraction of sp³-hybridized carbons (Fsp3) is 0.500. The summed E-state index contributed by atoms with van der Waals surface area (Å²) in [6.07, 6.45) is 0. The molecular weight excluding hydrogens is 158 g/mol. The number of rotatable bonds is 1. The van der Waals surface area contributed by atoms with E-state index >= 15 is 0 Å². The molecule has 1 heteroatoms. The Morgan fingerprint density at radius 2 is 1.77 bits per heavy atom. The summed E-state index contributed by atoms with van der Waals surface area (Å²) in [7, 11) is 0. The maximum absolute atomic E-state index is 2.52. The molecule has 0 spiro atoms. The first-order valence-corrected chi connectivity index (χ1v) is 4.91. The Hall–Kier alpha value is -0.820. The Bertz CT molecular complexity index is 284. The predicted molar refractivity (Wildman–Crippen MR) is 55.6 cm³/mol. The molecule has 1 aromatic carbocycles. The van der Waals surface area contributed by atoms with Crippen LogP contribution >= 0.6 is 0 Å². The zero-order valence-electron chi connectivity index (χ0n) is 8.62. The normalized spacial score (nSPS) is 27.3. The Balaban J connectivity index is 2.09. The second-order valence-electron chi connectivity index (χ2n) is 4.75. The molecule has 1 saturated heterocycles. The summed E-state index contributed by atoms with van der Waals surface area (Å²) in [6.45, 7) is 8.04. The van der Waals surface area contributed by atoms with Crippen molar-refractivity contribution < 1.29 is 0 Å². The summed E-state index contributed by atoms with van der Waals surface area (Å²) in [4.78, 5) is 2.52. The molecule has 0 aromatic heterocycles. The van der Waals surface area contributed by atoms with Crippen molar-refractivity contribution in [2.75, 3.05) is 6.54 Å². The van der Waals surface area contributed by atoms with Crippen LogP contribution in [-0.2, 0) is 0 Å². The summed E-state index contributed by atoms with van der Waals surface area (Å²) in [5.74, 6) is 0. The second kappa shape index (κ2) is 2.85. The molecule has 0 aliphatic carbocycles. The lowest BCUT2D eigenvalue weighted by molar-refractivity contribution is 0.287. The van der Waals surface area contributed by atoms with Crippen LogP contribution in [0.15, 0.2) is 30.3 Å². The highest BCUT2D eigenvalue weighted by Crippen LogP contribution is 2.40. The molecule has 70 valence electrons. The van der Waals surface area contributed by atoms with Crippen LogP contribution in [0.1, 0.15) is 32.4 Å². The van der Waals surface area contributed by atoms with E-state index < -0.39 is 0 Å². The van der Waals surface area contributed by atoms with Gasteiger partial charge in [-0.25, -0.2) is 0 Å². The highest BCUT2D eigenvalue weighted by atomic mass is 15.3. The first-order chi connectivity index (χ1) is 6.09. The highest BCUT2D eigenvalue weighted by molar-refractivity contribution is 5.24. The molecule has 1 aliphatic heterocycles. The van der Waals surface area contributed by atoms with Gasteiger partial charge in [0.05, 0.1) is 0 Å². The lowest BCUT2D eigenvalue weighted by Gasteiger charge is -2.21. The van der Waals surface area contributed by atoms with E-state index in [9.17, 15) is 0 Å². The molecular formula is C12H17N. The van der Waals surface area contributed by atoms with Gasteiger partial charge in [-0.2, -0.15) is 0 Å². The standard InChI is InChI=1S/C12H17N/c1-12(2,3)13-9-11(13)10-7-5-4-6-8-10/h4-8,11H,9H2,1-3H3/t11-,13?/m1/s1. The summed E-state index contributed by atoms with van der Waals surface area (Å²) >= 11 is 0. The van der Waals surface area contributed by atoms with Crippen LogP contribution in [0.5, 0.6) is 0 Å². The largest absolute Gasteiger partial charge is 0.288 e. The zero-order chi connectivity index (χ0) is 9.47. The van der Waals surface area contributed by atoms with Gasteiger partial charge in [0, 0.05) is 18.1 Å². The number of hydrogen-bond acceptors (Lipinski definition) is 1. The minimum atomic E-state index is 0.320. The van der Waals surface area contributed by atoms with Crippen LogP contribution in [0, 0.1) is 0 Å². The SMILES string of the molecule is CC(C)(C)N1C[C@@H]1c1ccccc1. The van der Waals surface area contributed by atoms with Gasteiger partial charge < -0.3 is 0 Å². The van der Waals surface area contributed by atoms with Gasteiger partial charge in [-0.1, -0.05) is 30.3 Å². The number of nitrogens with zero attached hydrogens (tertiary/aromatic N) is 1. The van der Waals surface area contributed by atoms with Crippen molar-refractivity contribution in [3.63, 3.8) is 0 Å². The fourth-order valence-corrected chi connectivity index (χ4v) is 1.84. The smallest absolute Gasteiger partial charge is 0.0481 e. The summed E-state index contributed by atoms with van der Waals surface area (Å²) in [5.41, 5.74) is 1.78. The van der Waals surface area contributed by atoms with Crippen LogP contribution in [0.2, 0.25) is 0 Å². The van der Waals surface area contributed by atoms with Gasteiger partial charge in [0.15, 0.2) is 0 Å². The molecule has 0 saturated carbocycles. The average molecular weight is 175 g/mol. The summed E-state index contributed by atoms with van der Waals surface area (Å²) < 4.78 is 0. The maximum Gasteiger partial charge on any atom is 0.0481 e. The van der Waals surface area contributed by atoms with E-state index in [0.717, 1.165) is 0 Å². The maximum atomic E-state index is 2.52. The monoisotopic (exact) mass is 175 g/mol. The van der Waals surface area contributed by atoms with E-state index in [1.165, 1.54) is 12.1 Å². The Morgan fingerprint density at radius 1 is 1.15 bits per heavy atom. The summed E-state index contributed by atoms with van der Waals surface area (Å²) in [5, 5.41) is 0. The third kappa shape index (κ3) is 1.75. The van der Waals surface area contributed by atoms with E-state index in [1.807, 2.05) is 0 Å². The molecule has 1 fully saturated rings. The van der Waals surface area contributed by atoms with Crippen molar-refractivity contribution in [1.29, 1.82) is 0 Å². The van der Waals surface area contributed by atoms with E-state index in [0.29, 0.717) is 11.6 Å². The third-order valence-electron chi connectivity index (χ3n) is 2.66. The zero-order valence-corrected chi connectivity index (χ0v) is 8.62. The molecule has 0 bridgehead atoms. The van der Waals surface area contributed by atoms with Crippen molar-refractivity contribution in [3.8, 4) is 0 Å². The van der Waals surface area contributed by atoms with Crippen LogP contribution < -0.4 is 0 Å². The molecule has 1 nitrogen and oxygen atoms in total. The van der Waals surface area contributed by atoms with Gasteiger partial charge in [-0.05, 0) is 26.3 Å². The van der Waals surface area contributed by atoms with Gasteiger partial charge >= 0.3 is 0 Å². The molecule has 0 amide bonds. The molecule has 13 heavy (non-hydrogen) atoms. The Kier molecular flexibility index (Phi) is 1.92. The molecule has 0 N–H and O–H groups in total. The second-order valence-corrected chi connectivity index (χ2v) is 4.75. The Morgan fingerprint density at radius 3 is 2.23 bits per heavy atom. The van der Waals surface area contributed by atoms with Gasteiger partial charge in [0.25, 0.3) is 0 Å². The lowest BCUT2D eigenvalue weighted by Crippen LogP contribution is -2.25. The van der Waals surface area contributed by atoms with Crippen molar-refractivity contribution in [2.45, 2.75) is 32.4 Å². The van der Waals surface area contributed by atoms with Crippen molar-refractivity contribution in [1.82, 2.24) is 4.90 Å². The average Bonchev–Trinajstić information content (AvgIpc) is 2.83. The molecule has 1 aliphatic rings. The molecule has 1 aromatic rings. The van der Waals surface area contributed by atoms with E-state index in [1.54, 1.807) is 0 Å². The third-order valence-corrected chi connectivity index (χ3v) is 2.66. The van der Waals surface area contributed by atoms with Gasteiger partial charge in [-0.3, -0.25) is 4.90 Å². The van der Waals surface area contributed by atoms with E-state index in [4.69, 9.17) is 0 Å². The topological polar surface area (TPSA) is 3.01 Å². The summed E-state index contributed by atoms with van der Waals surface area (Å²) in [6, 6.07) is 11.4. The molecule has 1 heterocycles. The quantitative estimate of drug-likeness (QED) is 0.593. The Labute approximate surface area is 80.4 Å². The predicted octanol–water partition coefficient (Wildman–Crippen LogP) is 2.84. The van der Waals surface area contributed by atoms with Crippen LogP contribution in [0.25, 0.3) is 0 Å². The fourth-order valence-electron chi connectivity index (χ4n) is 1.84. The molecule has 0 radical (unpaired) electrons. The lowest BCUT2D eigenvalue weighted by atomic mass is 10.1.